The summed E-state index contributed by atoms with van der Waals surface area (Å²) in [7, 11) is 2.01. The lowest BCUT2D eigenvalue weighted by molar-refractivity contribution is -0.0174. The first-order valence-electron chi connectivity index (χ1n) is 7.59. The fraction of sp³-hybridized carbons (Fsp3) is 0.647. The summed E-state index contributed by atoms with van der Waals surface area (Å²) in [6.45, 7) is 8.97. The van der Waals surface area contributed by atoms with Gasteiger partial charge in [-0.05, 0) is 38.9 Å². The molecule has 0 bridgehead atoms. The second-order valence-corrected chi connectivity index (χ2v) is 5.77. The molecule has 0 aromatic heterocycles. The predicted octanol–water partition coefficient (Wildman–Crippen LogP) is 2.23. The van der Waals surface area contributed by atoms with Crippen LogP contribution in [0, 0.1) is 6.92 Å². The average Bonchev–Trinajstić information content (AvgIpc) is 2.40. The van der Waals surface area contributed by atoms with Crippen LogP contribution < -0.4 is 0 Å². The molecule has 0 fully saturated rings. The highest BCUT2D eigenvalue weighted by molar-refractivity contribution is 5.25. The smallest absolute Gasteiger partial charge is 0.0900 e. The van der Waals surface area contributed by atoms with Gasteiger partial charge in [0.25, 0.3) is 0 Å². The van der Waals surface area contributed by atoms with Gasteiger partial charge in [0, 0.05) is 13.1 Å². The van der Waals surface area contributed by atoms with E-state index in [-0.39, 0.29) is 6.10 Å². The largest absolute Gasteiger partial charge is 0.389 e. The van der Waals surface area contributed by atoms with Crippen molar-refractivity contribution in [2.75, 3.05) is 33.4 Å². The van der Waals surface area contributed by atoms with Crippen molar-refractivity contribution in [1.29, 1.82) is 0 Å². The van der Waals surface area contributed by atoms with Crippen LogP contribution in [-0.2, 0) is 16.0 Å². The first-order chi connectivity index (χ1) is 9.99. The standard InChI is InChI=1S/C17H29NO3/c1-14(2)21-10-9-20-13-17(19)12-18(4)11-16-8-6-5-7-15(16)3/h5-8,14,17,19H,9-13H2,1-4H3. The summed E-state index contributed by atoms with van der Waals surface area (Å²) in [6.07, 6.45) is -0.253. The molecule has 0 aliphatic carbocycles. The zero-order valence-corrected chi connectivity index (χ0v) is 13.7. The van der Waals surface area contributed by atoms with E-state index in [0.29, 0.717) is 26.4 Å². The molecule has 0 amide bonds. The maximum Gasteiger partial charge on any atom is 0.0900 e. The SMILES string of the molecule is Cc1ccccc1CN(C)CC(O)COCCOC(C)C. The van der Waals surface area contributed by atoms with Crippen LogP contribution in [0.2, 0.25) is 0 Å². The van der Waals surface area contributed by atoms with Crippen molar-refractivity contribution in [2.45, 2.75) is 39.5 Å². The van der Waals surface area contributed by atoms with Gasteiger partial charge < -0.3 is 14.6 Å². The Kier molecular flexibility index (Phi) is 8.54. The topological polar surface area (TPSA) is 41.9 Å². The van der Waals surface area contributed by atoms with Crippen LogP contribution in [0.5, 0.6) is 0 Å². The third-order valence-electron chi connectivity index (χ3n) is 3.21. The van der Waals surface area contributed by atoms with Crippen LogP contribution in [-0.4, -0.2) is 55.6 Å². The van der Waals surface area contributed by atoms with Gasteiger partial charge in [-0.2, -0.15) is 0 Å². The van der Waals surface area contributed by atoms with E-state index in [9.17, 15) is 5.11 Å². The first-order valence-corrected chi connectivity index (χ1v) is 7.59. The minimum Gasteiger partial charge on any atom is -0.389 e. The van der Waals surface area contributed by atoms with E-state index >= 15 is 0 Å². The Morgan fingerprint density at radius 1 is 1.19 bits per heavy atom. The monoisotopic (exact) mass is 295 g/mol. The molecule has 1 aromatic rings. The van der Waals surface area contributed by atoms with Gasteiger partial charge in [-0.3, -0.25) is 4.90 Å². The van der Waals surface area contributed by atoms with Crippen LogP contribution in [0.25, 0.3) is 0 Å². The minimum atomic E-state index is -0.474. The number of hydrogen-bond acceptors (Lipinski definition) is 4. The summed E-state index contributed by atoms with van der Waals surface area (Å²) in [6, 6.07) is 8.32. The Bertz CT molecular complexity index is 395. The van der Waals surface area contributed by atoms with Gasteiger partial charge in [0.2, 0.25) is 0 Å². The van der Waals surface area contributed by atoms with E-state index in [2.05, 4.69) is 24.0 Å². The van der Waals surface area contributed by atoms with Gasteiger partial charge in [0.05, 0.1) is 32.0 Å². The van der Waals surface area contributed by atoms with E-state index < -0.39 is 6.10 Å². The summed E-state index contributed by atoms with van der Waals surface area (Å²) in [5.41, 5.74) is 2.57. The van der Waals surface area contributed by atoms with E-state index in [1.54, 1.807) is 0 Å². The number of rotatable bonds is 10. The van der Waals surface area contributed by atoms with Crippen LogP contribution >= 0.6 is 0 Å². The molecule has 1 atom stereocenters. The summed E-state index contributed by atoms with van der Waals surface area (Å²) in [5, 5.41) is 9.97. The highest BCUT2D eigenvalue weighted by atomic mass is 16.5. The van der Waals surface area contributed by atoms with Crippen molar-refractivity contribution in [2.24, 2.45) is 0 Å². The molecule has 1 aromatic carbocycles. The van der Waals surface area contributed by atoms with Crippen LogP contribution in [0.4, 0.5) is 0 Å². The van der Waals surface area contributed by atoms with Crippen molar-refractivity contribution >= 4 is 0 Å². The van der Waals surface area contributed by atoms with Gasteiger partial charge in [0.15, 0.2) is 0 Å². The van der Waals surface area contributed by atoms with Gasteiger partial charge in [-0.1, -0.05) is 24.3 Å². The fourth-order valence-corrected chi connectivity index (χ4v) is 2.12. The molecular weight excluding hydrogens is 266 g/mol. The number of likely N-dealkylation sites (N-methyl/N-ethyl adjacent to an activating group) is 1. The molecule has 0 aliphatic rings. The molecule has 0 radical (unpaired) electrons. The maximum absolute atomic E-state index is 9.97. The van der Waals surface area contributed by atoms with E-state index in [1.807, 2.05) is 33.0 Å². The van der Waals surface area contributed by atoms with Gasteiger partial charge >= 0.3 is 0 Å². The highest BCUT2D eigenvalue weighted by Gasteiger charge is 2.10. The number of ether oxygens (including phenoxy) is 2. The van der Waals surface area contributed by atoms with E-state index in [4.69, 9.17) is 9.47 Å². The third kappa shape index (κ3) is 8.17. The Hall–Kier alpha value is -0.940. The Morgan fingerprint density at radius 3 is 2.57 bits per heavy atom. The first kappa shape index (κ1) is 18.1. The fourth-order valence-electron chi connectivity index (χ4n) is 2.12. The number of aryl methyl sites for hydroxylation is 1. The molecule has 4 nitrogen and oxygen atoms in total. The van der Waals surface area contributed by atoms with Crippen LogP contribution in [0.15, 0.2) is 24.3 Å². The number of aliphatic hydroxyl groups excluding tert-OH is 1. The summed E-state index contributed by atoms with van der Waals surface area (Å²) in [4.78, 5) is 2.11. The van der Waals surface area contributed by atoms with E-state index in [0.717, 1.165) is 6.54 Å². The Labute approximate surface area is 128 Å². The van der Waals surface area contributed by atoms with Crippen molar-refractivity contribution in [3.63, 3.8) is 0 Å². The number of aliphatic hydroxyl groups is 1. The lowest BCUT2D eigenvalue weighted by atomic mass is 10.1. The summed E-state index contributed by atoms with van der Waals surface area (Å²) < 4.78 is 10.8. The second kappa shape index (κ2) is 9.90. The zero-order valence-electron chi connectivity index (χ0n) is 13.7. The minimum absolute atomic E-state index is 0.221. The summed E-state index contributed by atoms with van der Waals surface area (Å²) in [5.74, 6) is 0. The van der Waals surface area contributed by atoms with Crippen molar-refractivity contribution in [1.82, 2.24) is 4.90 Å². The summed E-state index contributed by atoms with van der Waals surface area (Å²) >= 11 is 0. The van der Waals surface area contributed by atoms with Gasteiger partial charge in [-0.15, -0.1) is 0 Å². The quantitative estimate of drug-likeness (QED) is 0.672. The molecule has 1 rings (SSSR count). The number of benzene rings is 1. The van der Waals surface area contributed by atoms with Crippen LogP contribution in [0.1, 0.15) is 25.0 Å². The lowest BCUT2D eigenvalue weighted by Crippen LogP contribution is -2.32. The molecule has 0 saturated heterocycles. The molecule has 1 N–H and O–H groups in total. The molecule has 1 unspecified atom stereocenters. The van der Waals surface area contributed by atoms with Crippen molar-refractivity contribution in [3.05, 3.63) is 35.4 Å². The Morgan fingerprint density at radius 2 is 1.90 bits per heavy atom. The predicted molar refractivity (Wildman–Crippen MR) is 85.4 cm³/mol. The number of hydrogen-bond donors (Lipinski definition) is 1. The number of nitrogens with zero attached hydrogens (tertiary/aromatic N) is 1. The van der Waals surface area contributed by atoms with E-state index in [1.165, 1.54) is 11.1 Å². The van der Waals surface area contributed by atoms with Gasteiger partial charge in [0.1, 0.15) is 0 Å². The maximum atomic E-state index is 9.97. The average molecular weight is 295 g/mol. The van der Waals surface area contributed by atoms with Crippen molar-refractivity contribution in [3.8, 4) is 0 Å². The van der Waals surface area contributed by atoms with Crippen molar-refractivity contribution < 1.29 is 14.6 Å². The highest BCUT2D eigenvalue weighted by Crippen LogP contribution is 2.09. The normalized spacial score (nSPS) is 13.1. The lowest BCUT2D eigenvalue weighted by Gasteiger charge is -2.21. The molecule has 0 spiro atoms. The molecule has 4 heteroatoms. The van der Waals surface area contributed by atoms with Crippen LogP contribution in [0.3, 0.4) is 0 Å². The molecule has 120 valence electrons. The molecule has 21 heavy (non-hydrogen) atoms. The molecule has 0 heterocycles. The van der Waals surface area contributed by atoms with Gasteiger partial charge in [-0.25, -0.2) is 0 Å². The second-order valence-electron chi connectivity index (χ2n) is 5.77. The zero-order chi connectivity index (χ0) is 15.7. The third-order valence-corrected chi connectivity index (χ3v) is 3.21. The molecular formula is C17H29NO3. The molecule has 0 saturated carbocycles. The Balaban J connectivity index is 2.19. The molecule has 0 aliphatic heterocycles.